The molecule has 0 radical (unpaired) electrons. The van der Waals surface area contributed by atoms with E-state index in [9.17, 15) is 13.2 Å². The van der Waals surface area contributed by atoms with E-state index in [-0.39, 0.29) is 17.9 Å². The lowest BCUT2D eigenvalue weighted by atomic mass is 9.89. The smallest absolute Gasteiger partial charge is 0.227 e. The van der Waals surface area contributed by atoms with E-state index in [4.69, 9.17) is 0 Å². The van der Waals surface area contributed by atoms with E-state index < -0.39 is 15.1 Å². The second-order valence-electron chi connectivity index (χ2n) is 6.70. The lowest BCUT2D eigenvalue weighted by Crippen LogP contribution is -2.51. The number of rotatable bonds is 4. The van der Waals surface area contributed by atoms with Crippen molar-refractivity contribution in [2.24, 2.45) is 5.92 Å². The number of sulfone groups is 1. The molecular weight excluding hydrogens is 328 g/mol. The fraction of sp³-hybridized carbons (Fsp3) is 0.625. The van der Waals surface area contributed by atoms with Crippen molar-refractivity contribution in [1.82, 2.24) is 20.7 Å². The number of hydrogen-bond donors (Lipinski definition) is 2. The zero-order valence-corrected chi connectivity index (χ0v) is 14.6. The number of carbonyl (C=O) groups is 1. The molecule has 2 N–H and O–H groups in total. The molecule has 7 nitrogen and oxygen atoms in total. The number of nitrogens with zero attached hydrogens (tertiary/aromatic N) is 2. The minimum atomic E-state index is -3.12. The summed E-state index contributed by atoms with van der Waals surface area (Å²) in [5.41, 5.74) is 6.99. The fourth-order valence-electron chi connectivity index (χ4n) is 3.66. The summed E-state index contributed by atoms with van der Waals surface area (Å²) in [6.07, 6.45) is 6.86. The van der Waals surface area contributed by atoms with Crippen LogP contribution in [-0.2, 0) is 21.1 Å². The van der Waals surface area contributed by atoms with E-state index in [2.05, 4.69) is 15.8 Å². The molecule has 132 valence electrons. The molecule has 3 heterocycles. The van der Waals surface area contributed by atoms with E-state index >= 15 is 0 Å². The standard InChI is InChI=1S/C16H24N4O3S/c1-24(22,23)14-10-18-19-16(14)13-5-3-7-20(11-13)15(21)8-12-4-2-6-17-9-12/h2,4,6,9,13-14,16,18-19H,3,5,7-8,10-11H2,1H3. The van der Waals surface area contributed by atoms with Gasteiger partial charge in [-0.3, -0.25) is 20.6 Å². The molecule has 3 unspecified atom stereocenters. The Bertz CT molecular complexity index is 680. The first kappa shape index (κ1) is 17.3. The fourth-order valence-corrected chi connectivity index (χ4v) is 4.86. The molecule has 3 atom stereocenters. The van der Waals surface area contributed by atoms with Crippen molar-refractivity contribution in [2.75, 3.05) is 25.9 Å². The molecule has 2 aliphatic rings. The van der Waals surface area contributed by atoms with Gasteiger partial charge in [-0.1, -0.05) is 6.07 Å². The molecule has 1 amide bonds. The summed E-state index contributed by atoms with van der Waals surface area (Å²) in [7, 11) is -3.12. The van der Waals surface area contributed by atoms with Crippen LogP contribution in [0, 0.1) is 5.92 Å². The molecule has 3 rings (SSSR count). The topological polar surface area (TPSA) is 91.4 Å². The molecular formula is C16H24N4O3S. The average molecular weight is 352 g/mol. The van der Waals surface area contributed by atoms with E-state index in [0.717, 1.165) is 24.9 Å². The van der Waals surface area contributed by atoms with Crippen LogP contribution in [-0.4, -0.2) is 61.4 Å². The van der Waals surface area contributed by atoms with Gasteiger partial charge in [-0.05, 0) is 30.4 Å². The van der Waals surface area contributed by atoms with Gasteiger partial charge in [-0.25, -0.2) is 8.42 Å². The maximum absolute atomic E-state index is 12.6. The number of carbonyl (C=O) groups excluding carboxylic acids is 1. The molecule has 2 aliphatic heterocycles. The lowest BCUT2D eigenvalue weighted by molar-refractivity contribution is -0.132. The third kappa shape index (κ3) is 3.93. The van der Waals surface area contributed by atoms with E-state index in [1.54, 1.807) is 12.4 Å². The van der Waals surface area contributed by atoms with Gasteiger partial charge in [-0.15, -0.1) is 0 Å². The van der Waals surface area contributed by atoms with E-state index in [0.29, 0.717) is 19.5 Å². The number of aromatic nitrogens is 1. The molecule has 1 aromatic heterocycles. The summed E-state index contributed by atoms with van der Waals surface area (Å²) in [5.74, 6) is 0.223. The molecule has 0 saturated carbocycles. The van der Waals surface area contributed by atoms with Gasteiger partial charge in [0.05, 0.1) is 11.7 Å². The number of likely N-dealkylation sites (tertiary alicyclic amines) is 1. The predicted octanol–water partition coefficient (Wildman–Crippen LogP) is -0.248. The Morgan fingerprint density at radius 3 is 3.00 bits per heavy atom. The average Bonchev–Trinajstić information content (AvgIpc) is 3.06. The first-order valence-electron chi connectivity index (χ1n) is 8.29. The third-order valence-electron chi connectivity index (χ3n) is 4.92. The van der Waals surface area contributed by atoms with Crippen LogP contribution in [0.25, 0.3) is 0 Å². The van der Waals surface area contributed by atoms with Crippen LogP contribution in [0.5, 0.6) is 0 Å². The molecule has 24 heavy (non-hydrogen) atoms. The minimum absolute atomic E-state index is 0.0783. The summed E-state index contributed by atoms with van der Waals surface area (Å²) in [6.45, 7) is 1.76. The summed E-state index contributed by atoms with van der Waals surface area (Å²) in [4.78, 5) is 18.5. The number of hydrazine groups is 1. The number of hydrogen-bond acceptors (Lipinski definition) is 6. The Labute approximate surface area is 142 Å². The van der Waals surface area contributed by atoms with Gasteiger partial charge < -0.3 is 4.90 Å². The molecule has 0 aromatic carbocycles. The number of piperidine rings is 1. The molecule has 1 aromatic rings. The van der Waals surface area contributed by atoms with Gasteiger partial charge in [-0.2, -0.15) is 0 Å². The van der Waals surface area contributed by atoms with Crippen molar-refractivity contribution in [3.63, 3.8) is 0 Å². The van der Waals surface area contributed by atoms with Gasteiger partial charge >= 0.3 is 0 Å². The maximum atomic E-state index is 12.6. The first-order valence-corrected chi connectivity index (χ1v) is 10.2. The first-order chi connectivity index (χ1) is 11.4. The highest BCUT2D eigenvalue weighted by Gasteiger charge is 2.41. The summed E-state index contributed by atoms with van der Waals surface area (Å²) in [5, 5.41) is -0.434. The highest BCUT2D eigenvalue weighted by molar-refractivity contribution is 7.91. The molecule has 2 fully saturated rings. The van der Waals surface area contributed by atoms with E-state index in [1.165, 1.54) is 6.26 Å². The van der Waals surface area contributed by atoms with Gasteiger partial charge in [0.15, 0.2) is 9.84 Å². The Balaban J connectivity index is 1.65. The van der Waals surface area contributed by atoms with Crippen LogP contribution in [0.15, 0.2) is 24.5 Å². The molecule has 8 heteroatoms. The summed E-state index contributed by atoms with van der Waals surface area (Å²) >= 11 is 0. The van der Waals surface area contributed by atoms with Crippen molar-refractivity contribution in [2.45, 2.75) is 30.6 Å². The van der Waals surface area contributed by atoms with Crippen LogP contribution >= 0.6 is 0 Å². The highest BCUT2D eigenvalue weighted by Crippen LogP contribution is 2.26. The molecule has 0 spiro atoms. The molecule has 0 aliphatic carbocycles. The normalized spacial score (nSPS) is 28.0. The van der Waals surface area contributed by atoms with Gasteiger partial charge in [0.1, 0.15) is 0 Å². The van der Waals surface area contributed by atoms with Crippen molar-refractivity contribution in [3.05, 3.63) is 30.1 Å². The van der Waals surface area contributed by atoms with Crippen molar-refractivity contribution < 1.29 is 13.2 Å². The predicted molar refractivity (Wildman–Crippen MR) is 90.8 cm³/mol. The largest absolute Gasteiger partial charge is 0.342 e. The van der Waals surface area contributed by atoms with Gasteiger partial charge in [0.25, 0.3) is 0 Å². The second kappa shape index (κ2) is 7.16. The Hall–Kier alpha value is -1.51. The van der Waals surface area contributed by atoms with Crippen molar-refractivity contribution >= 4 is 15.7 Å². The van der Waals surface area contributed by atoms with Crippen LogP contribution < -0.4 is 10.9 Å². The quantitative estimate of drug-likeness (QED) is 0.777. The number of pyridine rings is 1. The Kier molecular flexibility index (Phi) is 5.17. The maximum Gasteiger partial charge on any atom is 0.227 e. The van der Waals surface area contributed by atoms with Crippen LogP contribution in [0.1, 0.15) is 18.4 Å². The Morgan fingerprint density at radius 1 is 1.46 bits per heavy atom. The number of nitrogens with one attached hydrogen (secondary N) is 2. The zero-order valence-electron chi connectivity index (χ0n) is 13.8. The zero-order chi connectivity index (χ0) is 17.2. The summed E-state index contributed by atoms with van der Waals surface area (Å²) < 4.78 is 24.0. The van der Waals surface area contributed by atoms with Crippen molar-refractivity contribution in [1.29, 1.82) is 0 Å². The highest BCUT2D eigenvalue weighted by atomic mass is 32.2. The molecule has 2 saturated heterocycles. The monoisotopic (exact) mass is 352 g/mol. The minimum Gasteiger partial charge on any atom is -0.342 e. The van der Waals surface area contributed by atoms with Crippen LogP contribution in [0.4, 0.5) is 0 Å². The van der Waals surface area contributed by atoms with Crippen LogP contribution in [0.3, 0.4) is 0 Å². The second-order valence-corrected chi connectivity index (χ2v) is 8.96. The molecule has 0 bridgehead atoms. The SMILES string of the molecule is CS(=O)(=O)C1CNNC1C1CCCN(C(=O)Cc2cccnc2)C1. The van der Waals surface area contributed by atoms with Gasteiger partial charge in [0, 0.05) is 44.3 Å². The summed E-state index contributed by atoms with van der Waals surface area (Å²) in [6, 6.07) is 3.58. The van der Waals surface area contributed by atoms with E-state index in [1.807, 2.05) is 17.0 Å². The van der Waals surface area contributed by atoms with Crippen molar-refractivity contribution in [3.8, 4) is 0 Å². The van der Waals surface area contributed by atoms with Gasteiger partial charge in [0.2, 0.25) is 5.91 Å². The third-order valence-corrected chi connectivity index (χ3v) is 6.48. The number of amides is 1. The van der Waals surface area contributed by atoms with Crippen LogP contribution in [0.2, 0.25) is 0 Å². The Morgan fingerprint density at radius 2 is 2.29 bits per heavy atom. The lowest BCUT2D eigenvalue weighted by Gasteiger charge is -2.37.